The summed E-state index contributed by atoms with van der Waals surface area (Å²) in [5.41, 5.74) is 2.84. The van der Waals surface area contributed by atoms with Gasteiger partial charge in [0.2, 0.25) is 0 Å². The molecule has 2 heterocycles. The zero-order valence-corrected chi connectivity index (χ0v) is 12.8. The van der Waals surface area contributed by atoms with Crippen molar-refractivity contribution in [1.82, 2.24) is 0 Å². The predicted octanol–water partition coefficient (Wildman–Crippen LogP) is 2.32. The van der Waals surface area contributed by atoms with Crippen molar-refractivity contribution in [3.8, 4) is 0 Å². The highest BCUT2D eigenvalue weighted by Crippen LogP contribution is 2.36. The van der Waals surface area contributed by atoms with E-state index in [1.807, 2.05) is 65.7 Å². The monoisotopic (exact) mass is 312 g/mol. The zero-order chi connectivity index (χ0) is 15.2. The van der Waals surface area contributed by atoms with E-state index >= 15 is 0 Å². The van der Waals surface area contributed by atoms with E-state index in [2.05, 4.69) is 0 Å². The molecule has 0 radical (unpaired) electrons. The Hall–Kier alpha value is -2.14. The molecule has 4 rings (SSSR count). The molecule has 0 N–H and O–H groups in total. The quantitative estimate of drug-likeness (QED) is 0.855. The third-order valence-electron chi connectivity index (χ3n) is 4.29. The van der Waals surface area contributed by atoms with E-state index in [4.69, 9.17) is 5.10 Å². The lowest BCUT2D eigenvalue weighted by molar-refractivity contribution is 0.600. The van der Waals surface area contributed by atoms with Gasteiger partial charge in [-0.15, -0.1) is 0 Å². The molecule has 1 saturated heterocycles. The van der Waals surface area contributed by atoms with Gasteiger partial charge in [0, 0.05) is 5.92 Å². The van der Waals surface area contributed by atoms with Crippen molar-refractivity contribution in [1.29, 1.82) is 0 Å². The Morgan fingerprint density at radius 2 is 1.55 bits per heavy atom. The molecule has 1 fully saturated rings. The number of fused-ring (bicyclic) bond motifs is 1. The van der Waals surface area contributed by atoms with E-state index in [1.165, 1.54) is 0 Å². The van der Waals surface area contributed by atoms with Gasteiger partial charge in [0.15, 0.2) is 9.84 Å². The fourth-order valence-electron chi connectivity index (χ4n) is 3.31. The number of hydrogen-bond donors (Lipinski definition) is 0. The lowest BCUT2D eigenvalue weighted by Gasteiger charge is -2.21. The van der Waals surface area contributed by atoms with Gasteiger partial charge in [0.1, 0.15) is 0 Å². The van der Waals surface area contributed by atoms with E-state index in [9.17, 15) is 8.42 Å². The van der Waals surface area contributed by atoms with Gasteiger partial charge in [-0.2, -0.15) is 5.10 Å². The molecule has 22 heavy (non-hydrogen) atoms. The Balaban J connectivity index is 1.81. The SMILES string of the molecule is O=S1(=O)CC2C(c3ccccc3)=NN(c3ccccc3)C2C1. The second-order valence-corrected chi connectivity index (χ2v) is 7.94. The minimum absolute atomic E-state index is 0.0485. The lowest BCUT2D eigenvalue weighted by Crippen LogP contribution is -2.32. The van der Waals surface area contributed by atoms with E-state index in [0.717, 1.165) is 17.0 Å². The van der Waals surface area contributed by atoms with Crippen LogP contribution >= 0.6 is 0 Å². The second kappa shape index (κ2) is 4.95. The van der Waals surface area contributed by atoms with Crippen molar-refractivity contribution in [2.45, 2.75) is 6.04 Å². The largest absolute Gasteiger partial charge is 0.260 e. The molecular formula is C17H16N2O2S. The molecule has 0 bridgehead atoms. The van der Waals surface area contributed by atoms with Crippen LogP contribution in [0.3, 0.4) is 0 Å². The van der Waals surface area contributed by atoms with Crippen LogP contribution in [0.4, 0.5) is 5.69 Å². The fraction of sp³-hybridized carbons (Fsp3) is 0.235. The van der Waals surface area contributed by atoms with Gasteiger partial charge in [-0.3, -0.25) is 5.01 Å². The van der Waals surface area contributed by atoms with Crippen molar-refractivity contribution in [2.24, 2.45) is 11.0 Å². The summed E-state index contributed by atoms with van der Waals surface area (Å²) in [5.74, 6) is 0.314. The summed E-state index contributed by atoms with van der Waals surface area (Å²) in [6, 6.07) is 19.6. The van der Waals surface area contributed by atoms with Gasteiger partial charge < -0.3 is 0 Å². The third-order valence-corrected chi connectivity index (χ3v) is 6.01. The average molecular weight is 312 g/mol. The van der Waals surface area contributed by atoms with Crippen LogP contribution in [0.25, 0.3) is 0 Å². The standard InChI is InChI=1S/C17H16N2O2S/c20-22(21)11-15-16(12-22)19(14-9-5-2-6-10-14)18-17(15)13-7-3-1-4-8-13/h1-10,15-16H,11-12H2. The van der Waals surface area contributed by atoms with Crippen LogP contribution < -0.4 is 5.01 Å². The highest BCUT2D eigenvalue weighted by atomic mass is 32.2. The Labute approximate surface area is 130 Å². The molecule has 5 heteroatoms. The highest BCUT2D eigenvalue weighted by molar-refractivity contribution is 7.91. The minimum Gasteiger partial charge on any atom is -0.260 e. The molecule has 2 aliphatic heterocycles. The number of hydrogen-bond acceptors (Lipinski definition) is 4. The van der Waals surface area contributed by atoms with Crippen LogP contribution in [0.5, 0.6) is 0 Å². The first-order valence-corrected chi connectivity index (χ1v) is 9.15. The van der Waals surface area contributed by atoms with Crippen molar-refractivity contribution < 1.29 is 8.42 Å². The molecule has 2 aromatic rings. The van der Waals surface area contributed by atoms with Crippen LogP contribution in [0.2, 0.25) is 0 Å². The third kappa shape index (κ3) is 2.22. The van der Waals surface area contributed by atoms with Crippen molar-refractivity contribution in [3.05, 3.63) is 66.2 Å². The smallest absolute Gasteiger partial charge is 0.153 e. The van der Waals surface area contributed by atoms with Gasteiger partial charge in [-0.25, -0.2) is 8.42 Å². The first kappa shape index (κ1) is 13.5. The highest BCUT2D eigenvalue weighted by Gasteiger charge is 2.48. The Kier molecular flexibility index (Phi) is 3.04. The summed E-state index contributed by atoms with van der Waals surface area (Å²) in [6.07, 6.45) is 0. The second-order valence-electron chi connectivity index (χ2n) is 5.78. The number of rotatable bonds is 2. The predicted molar refractivity (Wildman–Crippen MR) is 87.8 cm³/mol. The summed E-state index contributed by atoms with van der Waals surface area (Å²) < 4.78 is 24.2. The molecule has 0 aromatic heterocycles. The Morgan fingerprint density at radius 3 is 2.23 bits per heavy atom. The van der Waals surface area contributed by atoms with Gasteiger partial charge in [-0.1, -0.05) is 48.5 Å². The van der Waals surface area contributed by atoms with Crippen LogP contribution in [0, 0.1) is 5.92 Å². The normalized spacial score (nSPS) is 25.8. The van der Waals surface area contributed by atoms with E-state index in [1.54, 1.807) is 0 Å². The molecular weight excluding hydrogens is 296 g/mol. The van der Waals surface area contributed by atoms with Crippen LogP contribution in [-0.2, 0) is 9.84 Å². The van der Waals surface area contributed by atoms with Crippen LogP contribution in [0.1, 0.15) is 5.56 Å². The number of nitrogens with zero attached hydrogens (tertiary/aromatic N) is 2. The van der Waals surface area contributed by atoms with E-state index in [0.29, 0.717) is 0 Å². The number of para-hydroxylation sites is 1. The number of hydrazone groups is 1. The first-order valence-electron chi connectivity index (χ1n) is 7.33. The number of sulfone groups is 1. The summed E-state index contributed by atoms with van der Waals surface area (Å²) in [6.45, 7) is 0. The molecule has 2 aromatic carbocycles. The van der Waals surface area contributed by atoms with Gasteiger partial charge >= 0.3 is 0 Å². The zero-order valence-electron chi connectivity index (χ0n) is 12.0. The lowest BCUT2D eigenvalue weighted by atomic mass is 9.94. The summed E-state index contributed by atoms with van der Waals surface area (Å²) in [4.78, 5) is 0. The molecule has 0 aliphatic carbocycles. The molecule has 112 valence electrons. The minimum atomic E-state index is -3.01. The van der Waals surface area contributed by atoms with Gasteiger partial charge in [0.25, 0.3) is 0 Å². The van der Waals surface area contributed by atoms with Crippen molar-refractivity contribution >= 4 is 21.2 Å². The maximum atomic E-state index is 12.1. The average Bonchev–Trinajstić information content (AvgIpc) is 3.02. The Morgan fingerprint density at radius 1 is 0.909 bits per heavy atom. The van der Waals surface area contributed by atoms with Crippen LogP contribution in [0.15, 0.2) is 65.8 Å². The molecule has 0 amide bonds. The number of anilines is 1. The van der Waals surface area contributed by atoms with E-state index in [-0.39, 0.29) is 23.5 Å². The maximum absolute atomic E-state index is 12.1. The molecule has 2 atom stereocenters. The van der Waals surface area contributed by atoms with Gasteiger partial charge in [-0.05, 0) is 17.7 Å². The molecule has 0 saturated carbocycles. The number of benzene rings is 2. The van der Waals surface area contributed by atoms with Crippen molar-refractivity contribution in [2.75, 3.05) is 16.5 Å². The topological polar surface area (TPSA) is 49.7 Å². The fourth-order valence-corrected chi connectivity index (χ4v) is 5.26. The maximum Gasteiger partial charge on any atom is 0.153 e. The molecule has 2 unspecified atom stereocenters. The molecule has 4 nitrogen and oxygen atoms in total. The molecule has 0 spiro atoms. The Bertz CT molecular complexity index is 816. The first-order chi connectivity index (χ1) is 10.6. The van der Waals surface area contributed by atoms with Crippen LogP contribution in [-0.4, -0.2) is 31.7 Å². The van der Waals surface area contributed by atoms with Crippen molar-refractivity contribution in [3.63, 3.8) is 0 Å². The van der Waals surface area contributed by atoms with E-state index < -0.39 is 9.84 Å². The summed E-state index contributed by atoms with van der Waals surface area (Å²) >= 11 is 0. The van der Waals surface area contributed by atoms with Gasteiger partial charge in [0.05, 0.1) is 28.9 Å². The summed E-state index contributed by atoms with van der Waals surface area (Å²) in [7, 11) is -3.01. The summed E-state index contributed by atoms with van der Waals surface area (Å²) in [5, 5.41) is 6.65. The molecule has 2 aliphatic rings.